The summed E-state index contributed by atoms with van der Waals surface area (Å²) in [4.78, 5) is 0. The van der Waals surface area contributed by atoms with Gasteiger partial charge in [0, 0.05) is 41.2 Å². The Morgan fingerprint density at radius 1 is 1.00 bits per heavy atom. The van der Waals surface area contributed by atoms with Gasteiger partial charge in [-0.05, 0) is 29.8 Å². The molecule has 1 heterocycles. The Kier molecular flexibility index (Phi) is 5.45. The van der Waals surface area contributed by atoms with E-state index in [4.69, 9.17) is 11.6 Å². The largest absolute Gasteiger partial charge is 0.282 e. The van der Waals surface area contributed by atoms with E-state index in [1.807, 2.05) is 0 Å². The van der Waals surface area contributed by atoms with Crippen LogP contribution in [0, 0.1) is 11.6 Å². The lowest BCUT2D eigenvalue weighted by Crippen LogP contribution is -2.32. The molecule has 2 aromatic rings. The molecule has 0 unspecified atom stereocenters. The zero-order chi connectivity index (χ0) is 18.2. The van der Waals surface area contributed by atoms with Crippen LogP contribution in [0.4, 0.5) is 8.78 Å². The second-order valence-corrected chi connectivity index (χ2v) is 8.90. The Morgan fingerprint density at radius 2 is 1.60 bits per heavy atom. The van der Waals surface area contributed by atoms with E-state index in [-0.39, 0.29) is 31.2 Å². The third kappa shape index (κ3) is 4.03. The highest BCUT2D eigenvalue weighted by Gasteiger charge is 2.37. The summed E-state index contributed by atoms with van der Waals surface area (Å²) >= 11 is 9.14. The van der Waals surface area contributed by atoms with E-state index in [2.05, 4.69) is 15.9 Å². The third-order valence-corrected chi connectivity index (χ3v) is 6.75. The van der Waals surface area contributed by atoms with Crippen molar-refractivity contribution >= 4 is 37.7 Å². The fraction of sp³-hybridized carbons (Fsp3) is 0.250. The third-order valence-electron chi connectivity index (χ3n) is 3.97. The monoisotopic (exact) mass is 450 g/mol. The molecule has 134 valence electrons. The summed E-state index contributed by atoms with van der Waals surface area (Å²) in [5, 5.41) is 0.174. The summed E-state index contributed by atoms with van der Waals surface area (Å²) in [6.07, 6.45) is 0. The first-order chi connectivity index (χ1) is 11.8. The first kappa shape index (κ1) is 18.7. The van der Waals surface area contributed by atoms with Crippen molar-refractivity contribution in [2.75, 3.05) is 13.1 Å². The normalized spacial score (nSPS) is 17.9. The second-order valence-electron chi connectivity index (χ2n) is 5.65. The predicted molar refractivity (Wildman–Crippen MR) is 95.2 cm³/mol. The van der Waals surface area contributed by atoms with Gasteiger partial charge in [-0.2, -0.15) is 17.0 Å². The molecule has 1 saturated heterocycles. The summed E-state index contributed by atoms with van der Waals surface area (Å²) in [5.41, 5.74) is 0.816. The van der Waals surface area contributed by atoms with E-state index in [1.165, 1.54) is 26.8 Å². The van der Waals surface area contributed by atoms with E-state index < -0.39 is 21.8 Å². The van der Waals surface area contributed by atoms with Crippen LogP contribution < -0.4 is 0 Å². The fourth-order valence-electron chi connectivity index (χ4n) is 2.62. The highest BCUT2D eigenvalue weighted by molar-refractivity contribution is 9.10. The van der Waals surface area contributed by atoms with Crippen LogP contribution in [0.25, 0.3) is 0 Å². The van der Waals surface area contributed by atoms with E-state index >= 15 is 0 Å². The van der Waals surface area contributed by atoms with Gasteiger partial charge in [-0.1, -0.05) is 39.7 Å². The molecule has 0 atom stereocenters. The quantitative estimate of drug-likeness (QED) is 0.706. The minimum absolute atomic E-state index is 0.0424. The average Bonchev–Trinajstić information content (AvgIpc) is 2.80. The number of rotatable bonds is 4. The van der Waals surface area contributed by atoms with Gasteiger partial charge >= 0.3 is 0 Å². The SMILES string of the molecule is O=S1(=O)N(Cc2ccc(Br)cc2F)CCN1Cc1ccc(F)cc1Cl. The van der Waals surface area contributed by atoms with Crippen LogP contribution >= 0.6 is 27.5 Å². The zero-order valence-corrected chi connectivity index (χ0v) is 16.1. The van der Waals surface area contributed by atoms with Crippen LogP contribution in [0.2, 0.25) is 5.02 Å². The van der Waals surface area contributed by atoms with Crippen molar-refractivity contribution in [3.63, 3.8) is 0 Å². The number of hydrogen-bond donors (Lipinski definition) is 0. The minimum Gasteiger partial charge on any atom is -0.207 e. The predicted octanol–water partition coefficient (Wildman–Crippen LogP) is 3.94. The molecule has 0 bridgehead atoms. The highest BCUT2D eigenvalue weighted by Crippen LogP contribution is 2.26. The van der Waals surface area contributed by atoms with Gasteiger partial charge in [-0.25, -0.2) is 8.78 Å². The van der Waals surface area contributed by atoms with Crippen molar-refractivity contribution in [2.24, 2.45) is 0 Å². The van der Waals surface area contributed by atoms with Crippen molar-refractivity contribution in [3.05, 3.63) is 68.7 Å². The molecule has 4 nitrogen and oxygen atoms in total. The van der Waals surface area contributed by atoms with Crippen molar-refractivity contribution < 1.29 is 17.2 Å². The van der Waals surface area contributed by atoms with E-state index in [1.54, 1.807) is 12.1 Å². The maximum atomic E-state index is 14.0. The van der Waals surface area contributed by atoms with Gasteiger partial charge in [-0.3, -0.25) is 0 Å². The van der Waals surface area contributed by atoms with Crippen LogP contribution in [0.1, 0.15) is 11.1 Å². The van der Waals surface area contributed by atoms with Crippen molar-refractivity contribution in [1.29, 1.82) is 0 Å². The first-order valence-electron chi connectivity index (χ1n) is 7.40. The molecule has 9 heteroatoms. The Balaban J connectivity index is 1.77. The van der Waals surface area contributed by atoms with Crippen molar-refractivity contribution in [1.82, 2.24) is 8.61 Å². The number of nitrogens with zero attached hydrogens (tertiary/aromatic N) is 2. The standard InChI is InChI=1S/C16H14BrClF2N2O2S/c17-13-3-1-12(16(20)7-13)10-22-6-5-21(25(22,23)24)9-11-2-4-14(19)8-15(11)18/h1-4,7-8H,5-6,9-10H2. The molecule has 0 amide bonds. The second kappa shape index (κ2) is 7.28. The molecule has 0 spiro atoms. The Bertz CT molecular complexity index is 844. The average molecular weight is 452 g/mol. The summed E-state index contributed by atoms with van der Waals surface area (Å²) in [7, 11) is -3.74. The summed E-state index contributed by atoms with van der Waals surface area (Å²) < 4.78 is 55.5. The van der Waals surface area contributed by atoms with Crippen LogP contribution in [-0.4, -0.2) is 30.1 Å². The molecular weight excluding hydrogens is 438 g/mol. The van der Waals surface area contributed by atoms with Gasteiger partial charge in [0.2, 0.25) is 0 Å². The molecule has 25 heavy (non-hydrogen) atoms. The molecule has 0 saturated carbocycles. The van der Waals surface area contributed by atoms with Gasteiger partial charge in [0.15, 0.2) is 0 Å². The Hall–Kier alpha value is -1.06. The Labute approximate surface area is 158 Å². The molecule has 3 rings (SSSR count). The van der Waals surface area contributed by atoms with Gasteiger partial charge in [-0.15, -0.1) is 0 Å². The lowest BCUT2D eigenvalue weighted by Gasteiger charge is -2.19. The van der Waals surface area contributed by atoms with Crippen LogP contribution in [-0.2, 0) is 23.3 Å². The molecule has 0 aliphatic carbocycles. The highest BCUT2D eigenvalue weighted by atomic mass is 79.9. The molecule has 1 aliphatic rings. The van der Waals surface area contributed by atoms with Crippen molar-refractivity contribution in [2.45, 2.75) is 13.1 Å². The van der Waals surface area contributed by atoms with Crippen LogP contribution in [0.15, 0.2) is 40.9 Å². The Morgan fingerprint density at radius 3 is 2.20 bits per heavy atom. The van der Waals surface area contributed by atoms with Crippen molar-refractivity contribution in [3.8, 4) is 0 Å². The van der Waals surface area contributed by atoms with Crippen LogP contribution in [0.5, 0.6) is 0 Å². The molecule has 0 aromatic heterocycles. The zero-order valence-electron chi connectivity index (χ0n) is 12.9. The molecule has 1 aliphatic heterocycles. The molecular formula is C16H14BrClF2N2O2S. The minimum atomic E-state index is -3.74. The van der Waals surface area contributed by atoms with Crippen LogP contribution in [0.3, 0.4) is 0 Å². The summed E-state index contributed by atoms with van der Waals surface area (Å²) in [6.45, 7) is 0.501. The number of benzene rings is 2. The smallest absolute Gasteiger partial charge is 0.207 e. The topological polar surface area (TPSA) is 40.6 Å². The number of halogens is 4. The maximum Gasteiger partial charge on any atom is 0.282 e. The first-order valence-corrected chi connectivity index (χ1v) is 9.97. The lowest BCUT2D eigenvalue weighted by molar-refractivity contribution is 0.432. The molecule has 1 fully saturated rings. The summed E-state index contributed by atoms with van der Waals surface area (Å²) in [5.74, 6) is -0.949. The van der Waals surface area contributed by atoms with Gasteiger partial charge < -0.3 is 0 Å². The van der Waals surface area contributed by atoms with E-state index in [0.717, 1.165) is 6.07 Å². The lowest BCUT2D eigenvalue weighted by atomic mass is 10.2. The maximum absolute atomic E-state index is 14.0. The molecule has 0 N–H and O–H groups in total. The van der Waals surface area contributed by atoms with Gasteiger partial charge in [0.25, 0.3) is 10.2 Å². The van der Waals surface area contributed by atoms with Gasteiger partial charge in [0.1, 0.15) is 11.6 Å². The molecule has 0 radical (unpaired) electrons. The molecule has 2 aromatic carbocycles. The van der Waals surface area contributed by atoms with Gasteiger partial charge in [0.05, 0.1) is 0 Å². The number of hydrogen-bond acceptors (Lipinski definition) is 2. The summed E-state index contributed by atoms with van der Waals surface area (Å²) in [6, 6.07) is 8.36. The van der Waals surface area contributed by atoms with E-state index in [0.29, 0.717) is 15.6 Å². The fourth-order valence-corrected chi connectivity index (χ4v) is 4.73. The van der Waals surface area contributed by atoms with E-state index in [9.17, 15) is 17.2 Å².